The smallest absolute Gasteiger partial charge is 0.257 e. The third-order valence-electron chi connectivity index (χ3n) is 4.14. The van der Waals surface area contributed by atoms with Gasteiger partial charge >= 0.3 is 0 Å². The van der Waals surface area contributed by atoms with Gasteiger partial charge in [-0.05, 0) is 49.2 Å². The number of rotatable bonds is 5. The molecule has 25 heavy (non-hydrogen) atoms. The fourth-order valence-corrected chi connectivity index (χ4v) is 2.65. The molecule has 0 unspecified atom stereocenters. The van der Waals surface area contributed by atoms with E-state index in [1.165, 1.54) is 0 Å². The molecule has 0 aliphatic heterocycles. The molecule has 0 aliphatic rings. The van der Waals surface area contributed by atoms with Crippen molar-refractivity contribution in [2.75, 3.05) is 7.11 Å². The van der Waals surface area contributed by atoms with E-state index in [4.69, 9.17) is 9.26 Å². The van der Waals surface area contributed by atoms with Crippen LogP contribution in [0.5, 0.6) is 5.75 Å². The molecule has 1 heterocycles. The molecule has 0 fully saturated rings. The maximum atomic E-state index is 12.7. The highest BCUT2D eigenvalue weighted by molar-refractivity contribution is 6.00. The number of carbonyl (C=O) groups excluding carboxylic acids is 1. The molecular formula is C20H20N2O3. The molecule has 5 nitrogen and oxygen atoms in total. The van der Waals surface area contributed by atoms with Crippen LogP contribution in [0.3, 0.4) is 0 Å². The summed E-state index contributed by atoms with van der Waals surface area (Å²) < 4.78 is 10.6. The van der Waals surface area contributed by atoms with Gasteiger partial charge in [0.05, 0.1) is 12.8 Å². The first-order valence-corrected chi connectivity index (χ1v) is 8.03. The number of methoxy groups -OCH3 is 1. The zero-order valence-electron chi connectivity index (χ0n) is 14.5. The molecule has 3 rings (SSSR count). The first kappa shape index (κ1) is 16.8. The number of ether oxygens (including phenoxy) is 1. The van der Waals surface area contributed by atoms with Crippen LogP contribution < -0.4 is 10.1 Å². The van der Waals surface area contributed by atoms with Gasteiger partial charge in [-0.3, -0.25) is 4.79 Å². The van der Waals surface area contributed by atoms with Gasteiger partial charge in [0.25, 0.3) is 5.91 Å². The summed E-state index contributed by atoms with van der Waals surface area (Å²) in [5.41, 5.74) is 4.02. The molecule has 0 radical (unpaired) electrons. The maximum Gasteiger partial charge on any atom is 0.257 e. The lowest BCUT2D eigenvalue weighted by Gasteiger charge is -2.08. The van der Waals surface area contributed by atoms with Crippen molar-refractivity contribution in [3.63, 3.8) is 0 Å². The van der Waals surface area contributed by atoms with Crippen molar-refractivity contribution < 1.29 is 14.1 Å². The number of benzene rings is 2. The third kappa shape index (κ3) is 3.55. The predicted molar refractivity (Wildman–Crippen MR) is 95.6 cm³/mol. The molecular weight excluding hydrogens is 316 g/mol. The Kier molecular flexibility index (Phi) is 4.84. The Bertz CT molecular complexity index is 882. The first-order chi connectivity index (χ1) is 12.1. The minimum absolute atomic E-state index is 0.201. The number of carbonyl (C=O) groups is 1. The topological polar surface area (TPSA) is 64.4 Å². The standard InChI is InChI=1S/C20H20N2O3/c1-13-6-4-5-7-16(13)12-21-20(23)18-14(2)22-25-19(18)15-8-10-17(24-3)11-9-15/h4-11H,12H2,1-3H3,(H,21,23). The second kappa shape index (κ2) is 7.21. The summed E-state index contributed by atoms with van der Waals surface area (Å²) in [6, 6.07) is 15.3. The summed E-state index contributed by atoms with van der Waals surface area (Å²) in [5, 5.41) is 6.91. The van der Waals surface area contributed by atoms with Crippen LogP contribution in [0.25, 0.3) is 11.3 Å². The molecule has 1 amide bonds. The molecule has 0 bridgehead atoms. The Balaban J connectivity index is 1.83. The van der Waals surface area contributed by atoms with Crippen molar-refractivity contribution in [1.82, 2.24) is 10.5 Å². The van der Waals surface area contributed by atoms with Crippen LogP contribution in [-0.2, 0) is 6.54 Å². The van der Waals surface area contributed by atoms with E-state index in [2.05, 4.69) is 10.5 Å². The normalized spacial score (nSPS) is 10.5. The number of hydrogen-bond donors (Lipinski definition) is 1. The van der Waals surface area contributed by atoms with E-state index in [0.717, 1.165) is 22.4 Å². The van der Waals surface area contributed by atoms with Gasteiger partial charge in [0.15, 0.2) is 5.76 Å². The zero-order valence-corrected chi connectivity index (χ0v) is 14.5. The first-order valence-electron chi connectivity index (χ1n) is 8.03. The van der Waals surface area contributed by atoms with Crippen LogP contribution in [-0.4, -0.2) is 18.2 Å². The predicted octanol–water partition coefficient (Wildman–Crippen LogP) is 3.90. The molecule has 0 aliphatic carbocycles. The van der Waals surface area contributed by atoms with Gasteiger partial charge in [0, 0.05) is 12.1 Å². The molecule has 2 aromatic carbocycles. The number of hydrogen-bond acceptors (Lipinski definition) is 4. The molecule has 0 saturated heterocycles. The van der Waals surface area contributed by atoms with Crippen LogP contribution in [0.1, 0.15) is 27.2 Å². The van der Waals surface area contributed by atoms with E-state index in [9.17, 15) is 4.79 Å². The van der Waals surface area contributed by atoms with Crippen molar-refractivity contribution in [2.45, 2.75) is 20.4 Å². The number of nitrogens with zero attached hydrogens (tertiary/aromatic N) is 1. The SMILES string of the molecule is COc1ccc(-c2onc(C)c2C(=O)NCc2ccccc2C)cc1. The van der Waals surface area contributed by atoms with Gasteiger partial charge in [-0.1, -0.05) is 29.4 Å². The van der Waals surface area contributed by atoms with E-state index < -0.39 is 0 Å². The van der Waals surface area contributed by atoms with Crippen molar-refractivity contribution >= 4 is 5.91 Å². The molecule has 0 saturated carbocycles. The van der Waals surface area contributed by atoms with Gasteiger partial charge in [-0.2, -0.15) is 0 Å². The average Bonchev–Trinajstić information content (AvgIpc) is 3.02. The van der Waals surface area contributed by atoms with Crippen LogP contribution in [0.4, 0.5) is 0 Å². The van der Waals surface area contributed by atoms with Crippen LogP contribution in [0, 0.1) is 13.8 Å². The van der Waals surface area contributed by atoms with Gasteiger partial charge in [0.1, 0.15) is 11.3 Å². The molecule has 0 atom stereocenters. The summed E-state index contributed by atoms with van der Waals surface area (Å²) in [4.78, 5) is 12.7. The minimum atomic E-state index is -0.201. The largest absolute Gasteiger partial charge is 0.497 e. The van der Waals surface area contributed by atoms with Crippen molar-refractivity contribution in [1.29, 1.82) is 0 Å². The second-order valence-electron chi connectivity index (χ2n) is 5.81. The summed E-state index contributed by atoms with van der Waals surface area (Å²) >= 11 is 0. The van der Waals surface area contributed by atoms with Crippen molar-refractivity contribution in [3.8, 4) is 17.1 Å². The lowest BCUT2D eigenvalue weighted by molar-refractivity contribution is 0.0950. The molecule has 1 aromatic heterocycles. The van der Waals surface area contributed by atoms with Crippen LogP contribution in [0.2, 0.25) is 0 Å². The van der Waals surface area contributed by atoms with Gasteiger partial charge in [-0.15, -0.1) is 0 Å². The number of amides is 1. The number of aromatic nitrogens is 1. The summed E-state index contributed by atoms with van der Waals surface area (Å²) in [7, 11) is 1.61. The fourth-order valence-electron chi connectivity index (χ4n) is 2.65. The van der Waals surface area contributed by atoms with Crippen LogP contribution >= 0.6 is 0 Å². The number of nitrogens with one attached hydrogen (secondary N) is 1. The quantitative estimate of drug-likeness (QED) is 0.767. The van der Waals surface area contributed by atoms with Gasteiger partial charge in [-0.25, -0.2) is 0 Å². The van der Waals surface area contributed by atoms with Crippen molar-refractivity contribution in [3.05, 3.63) is 70.9 Å². The van der Waals surface area contributed by atoms with E-state index in [1.54, 1.807) is 14.0 Å². The lowest BCUT2D eigenvalue weighted by atomic mass is 10.1. The fraction of sp³-hybridized carbons (Fsp3) is 0.200. The Morgan fingerprint density at radius 1 is 1.12 bits per heavy atom. The lowest BCUT2D eigenvalue weighted by Crippen LogP contribution is -2.24. The highest BCUT2D eigenvalue weighted by Crippen LogP contribution is 2.27. The highest BCUT2D eigenvalue weighted by atomic mass is 16.5. The van der Waals surface area contributed by atoms with E-state index in [1.807, 2.05) is 55.5 Å². The molecule has 5 heteroatoms. The third-order valence-corrected chi connectivity index (χ3v) is 4.14. The minimum Gasteiger partial charge on any atom is -0.497 e. The maximum absolute atomic E-state index is 12.7. The van der Waals surface area contributed by atoms with Crippen LogP contribution in [0.15, 0.2) is 53.1 Å². The summed E-state index contributed by atoms with van der Waals surface area (Å²) in [5.74, 6) is 1.00. The molecule has 0 spiro atoms. The van der Waals surface area contributed by atoms with Gasteiger partial charge < -0.3 is 14.6 Å². The Labute approximate surface area is 146 Å². The monoisotopic (exact) mass is 336 g/mol. The molecule has 1 N–H and O–H groups in total. The number of aryl methyl sites for hydroxylation is 2. The summed E-state index contributed by atoms with van der Waals surface area (Å²) in [6.45, 7) is 4.24. The van der Waals surface area contributed by atoms with E-state index in [0.29, 0.717) is 23.6 Å². The Morgan fingerprint density at radius 3 is 2.52 bits per heavy atom. The Hall–Kier alpha value is -3.08. The molecule has 128 valence electrons. The zero-order chi connectivity index (χ0) is 17.8. The second-order valence-corrected chi connectivity index (χ2v) is 5.81. The van der Waals surface area contributed by atoms with E-state index >= 15 is 0 Å². The van der Waals surface area contributed by atoms with Gasteiger partial charge in [0.2, 0.25) is 0 Å². The summed E-state index contributed by atoms with van der Waals surface area (Å²) in [6.07, 6.45) is 0. The highest BCUT2D eigenvalue weighted by Gasteiger charge is 2.21. The van der Waals surface area contributed by atoms with E-state index in [-0.39, 0.29) is 5.91 Å². The average molecular weight is 336 g/mol. The van der Waals surface area contributed by atoms with Crippen molar-refractivity contribution in [2.24, 2.45) is 0 Å². The molecule has 3 aromatic rings. The Morgan fingerprint density at radius 2 is 1.84 bits per heavy atom.